The first-order valence-corrected chi connectivity index (χ1v) is 12.4. The van der Waals surface area contributed by atoms with Crippen molar-refractivity contribution in [2.24, 2.45) is 5.92 Å². The Morgan fingerprint density at radius 1 is 1.00 bits per heavy atom. The smallest absolute Gasteiger partial charge is 0.251 e. The van der Waals surface area contributed by atoms with Crippen LogP contribution in [0, 0.1) is 5.92 Å². The second-order valence-electron chi connectivity index (χ2n) is 8.30. The van der Waals surface area contributed by atoms with Gasteiger partial charge in [0.05, 0.1) is 18.1 Å². The zero-order chi connectivity index (χ0) is 24.3. The average Bonchev–Trinajstić information content (AvgIpc) is 3.30. The van der Waals surface area contributed by atoms with Crippen LogP contribution in [0.5, 0.6) is 11.5 Å². The van der Waals surface area contributed by atoms with Crippen molar-refractivity contribution in [2.45, 2.75) is 24.8 Å². The summed E-state index contributed by atoms with van der Waals surface area (Å²) in [7, 11) is -3.75. The van der Waals surface area contributed by atoms with Crippen molar-refractivity contribution in [3.8, 4) is 11.5 Å². The summed E-state index contributed by atoms with van der Waals surface area (Å²) >= 11 is 0. The number of amides is 2. The summed E-state index contributed by atoms with van der Waals surface area (Å²) in [4.78, 5) is 25.9. The number of nitrogens with one attached hydrogen (secondary N) is 2. The molecule has 1 fully saturated rings. The second kappa shape index (κ2) is 10.00. The number of nitrogens with zero attached hydrogens (tertiary/aromatic N) is 1. The van der Waals surface area contributed by atoms with Gasteiger partial charge in [-0.15, -0.1) is 0 Å². The molecule has 2 aliphatic rings. The molecule has 34 heavy (non-hydrogen) atoms. The standard InChI is InChI=1S/C23H27N3O7S/c1-15(2)21(23(28)24-17-6-7-19-20(13-17)33-14-32-19)25-22(27)16-4-3-5-18(12-16)34(29,30)26-8-10-31-11-9-26/h3-7,12-13,15,21H,8-11,14H2,1-2H3,(H,24,28)(H,25,27)/t21-/m1/s1. The predicted molar refractivity (Wildman–Crippen MR) is 123 cm³/mol. The third-order valence-electron chi connectivity index (χ3n) is 5.58. The summed E-state index contributed by atoms with van der Waals surface area (Å²) in [5.74, 6) is -0.0454. The van der Waals surface area contributed by atoms with Gasteiger partial charge in [0, 0.05) is 30.4 Å². The largest absolute Gasteiger partial charge is 0.454 e. The highest BCUT2D eigenvalue weighted by molar-refractivity contribution is 7.89. The van der Waals surface area contributed by atoms with Crippen molar-refractivity contribution in [3.05, 3.63) is 48.0 Å². The third kappa shape index (κ3) is 5.16. The molecule has 2 aromatic carbocycles. The first-order chi connectivity index (χ1) is 16.3. The molecule has 1 atom stereocenters. The number of carbonyl (C=O) groups is 2. The quantitative estimate of drug-likeness (QED) is 0.608. The van der Waals surface area contributed by atoms with Gasteiger partial charge in [0.25, 0.3) is 5.91 Å². The molecule has 11 heteroatoms. The number of hydrogen-bond donors (Lipinski definition) is 2. The van der Waals surface area contributed by atoms with Crippen LogP contribution in [0.3, 0.4) is 0 Å². The van der Waals surface area contributed by atoms with E-state index in [-0.39, 0.29) is 36.3 Å². The topological polar surface area (TPSA) is 123 Å². The number of benzene rings is 2. The minimum Gasteiger partial charge on any atom is -0.454 e. The first kappa shape index (κ1) is 24.0. The van der Waals surface area contributed by atoms with E-state index in [0.717, 1.165) is 0 Å². The van der Waals surface area contributed by atoms with Crippen LogP contribution in [0.2, 0.25) is 0 Å². The van der Waals surface area contributed by atoms with E-state index >= 15 is 0 Å². The van der Waals surface area contributed by atoms with Crippen molar-refractivity contribution >= 4 is 27.5 Å². The molecular formula is C23H27N3O7S. The lowest BCUT2D eigenvalue weighted by atomic mass is 10.0. The third-order valence-corrected chi connectivity index (χ3v) is 7.47. The molecule has 182 valence electrons. The van der Waals surface area contributed by atoms with Crippen LogP contribution < -0.4 is 20.1 Å². The van der Waals surface area contributed by atoms with Crippen LogP contribution in [0.4, 0.5) is 5.69 Å². The van der Waals surface area contributed by atoms with Crippen molar-refractivity contribution < 1.29 is 32.2 Å². The van der Waals surface area contributed by atoms with E-state index < -0.39 is 27.9 Å². The van der Waals surface area contributed by atoms with E-state index in [4.69, 9.17) is 14.2 Å². The lowest BCUT2D eigenvalue weighted by molar-refractivity contribution is -0.118. The Morgan fingerprint density at radius 2 is 1.74 bits per heavy atom. The molecule has 0 unspecified atom stereocenters. The molecule has 2 aliphatic heterocycles. The van der Waals surface area contributed by atoms with E-state index in [0.29, 0.717) is 30.4 Å². The number of hydrogen-bond acceptors (Lipinski definition) is 7. The highest BCUT2D eigenvalue weighted by Gasteiger charge is 2.29. The molecule has 2 N–H and O–H groups in total. The van der Waals surface area contributed by atoms with Gasteiger partial charge in [0.15, 0.2) is 11.5 Å². The van der Waals surface area contributed by atoms with Crippen LogP contribution in [0.1, 0.15) is 24.2 Å². The predicted octanol–water partition coefficient (Wildman–Crippen LogP) is 1.83. The number of rotatable bonds is 7. The fourth-order valence-electron chi connectivity index (χ4n) is 3.69. The number of ether oxygens (including phenoxy) is 3. The minimum absolute atomic E-state index is 0.0213. The number of sulfonamides is 1. The number of anilines is 1. The van der Waals surface area contributed by atoms with Crippen LogP contribution in [0.15, 0.2) is 47.4 Å². The van der Waals surface area contributed by atoms with Gasteiger partial charge in [-0.25, -0.2) is 8.42 Å². The van der Waals surface area contributed by atoms with Gasteiger partial charge in [-0.3, -0.25) is 9.59 Å². The van der Waals surface area contributed by atoms with Crippen LogP contribution >= 0.6 is 0 Å². The molecule has 0 bridgehead atoms. The molecule has 0 aromatic heterocycles. The van der Waals surface area contributed by atoms with Gasteiger partial charge in [-0.05, 0) is 36.2 Å². The number of carbonyl (C=O) groups excluding carboxylic acids is 2. The SMILES string of the molecule is CC(C)[C@@H](NC(=O)c1cccc(S(=O)(=O)N2CCOCC2)c1)C(=O)Nc1ccc2c(c1)OCO2. The highest BCUT2D eigenvalue weighted by Crippen LogP contribution is 2.34. The van der Waals surface area contributed by atoms with Crippen molar-refractivity contribution in [3.63, 3.8) is 0 Å². The molecule has 10 nitrogen and oxygen atoms in total. The minimum atomic E-state index is -3.75. The summed E-state index contributed by atoms with van der Waals surface area (Å²) in [5, 5.41) is 5.51. The Bertz CT molecular complexity index is 1180. The fourth-order valence-corrected chi connectivity index (χ4v) is 5.14. The second-order valence-corrected chi connectivity index (χ2v) is 10.2. The zero-order valence-electron chi connectivity index (χ0n) is 18.9. The molecule has 0 radical (unpaired) electrons. The average molecular weight is 490 g/mol. The zero-order valence-corrected chi connectivity index (χ0v) is 19.8. The maximum atomic E-state index is 13.0. The maximum absolute atomic E-state index is 13.0. The Balaban J connectivity index is 1.47. The lowest BCUT2D eigenvalue weighted by Crippen LogP contribution is -2.47. The molecule has 1 saturated heterocycles. The molecule has 2 amide bonds. The highest BCUT2D eigenvalue weighted by atomic mass is 32.2. The molecule has 0 aliphatic carbocycles. The Morgan fingerprint density at radius 3 is 2.47 bits per heavy atom. The number of fused-ring (bicyclic) bond motifs is 1. The molecule has 2 aromatic rings. The van der Waals surface area contributed by atoms with Crippen LogP contribution in [-0.4, -0.2) is 63.7 Å². The summed E-state index contributed by atoms with van der Waals surface area (Å²) in [6, 6.07) is 9.99. The van der Waals surface area contributed by atoms with Gasteiger partial charge < -0.3 is 24.8 Å². The lowest BCUT2D eigenvalue weighted by Gasteiger charge is -2.26. The molecule has 0 saturated carbocycles. The number of morpholine rings is 1. The first-order valence-electron chi connectivity index (χ1n) is 10.9. The van der Waals surface area contributed by atoms with Crippen LogP contribution in [-0.2, 0) is 19.6 Å². The summed E-state index contributed by atoms with van der Waals surface area (Å²) in [5.41, 5.74) is 0.656. The van der Waals surface area contributed by atoms with Crippen molar-refractivity contribution in [1.29, 1.82) is 0 Å². The summed E-state index contributed by atoms with van der Waals surface area (Å²) in [6.45, 7) is 4.91. The van der Waals surface area contributed by atoms with Crippen molar-refractivity contribution in [1.82, 2.24) is 9.62 Å². The Kier molecular flexibility index (Phi) is 7.05. The van der Waals surface area contributed by atoms with E-state index in [1.807, 2.05) is 13.8 Å². The van der Waals surface area contributed by atoms with Gasteiger partial charge in [-0.1, -0.05) is 19.9 Å². The molecule has 2 heterocycles. The summed E-state index contributed by atoms with van der Waals surface area (Å²) in [6.07, 6.45) is 0. The normalized spacial score (nSPS) is 16.8. The maximum Gasteiger partial charge on any atom is 0.251 e. The fraction of sp³-hybridized carbons (Fsp3) is 0.391. The molecule has 4 rings (SSSR count). The molecular weight excluding hydrogens is 462 g/mol. The Labute approximate surface area is 198 Å². The van der Waals surface area contributed by atoms with E-state index in [1.165, 1.54) is 28.6 Å². The molecule has 0 spiro atoms. The van der Waals surface area contributed by atoms with E-state index in [9.17, 15) is 18.0 Å². The van der Waals surface area contributed by atoms with Gasteiger partial charge in [0.2, 0.25) is 22.7 Å². The van der Waals surface area contributed by atoms with Crippen LogP contribution in [0.25, 0.3) is 0 Å². The Hall–Kier alpha value is -3.15. The monoisotopic (exact) mass is 489 g/mol. The van der Waals surface area contributed by atoms with E-state index in [2.05, 4.69) is 10.6 Å². The van der Waals surface area contributed by atoms with Gasteiger partial charge >= 0.3 is 0 Å². The van der Waals surface area contributed by atoms with Gasteiger partial charge in [-0.2, -0.15) is 4.31 Å². The van der Waals surface area contributed by atoms with Crippen molar-refractivity contribution in [2.75, 3.05) is 38.4 Å². The van der Waals surface area contributed by atoms with Gasteiger partial charge in [0.1, 0.15) is 6.04 Å². The van der Waals surface area contributed by atoms with E-state index in [1.54, 1.807) is 18.2 Å². The summed E-state index contributed by atoms with van der Waals surface area (Å²) < 4.78 is 43.0.